The Hall–Kier alpha value is -2.21. The predicted octanol–water partition coefficient (Wildman–Crippen LogP) is 3.61. The summed E-state index contributed by atoms with van der Waals surface area (Å²) >= 11 is 5.91. The molecule has 1 aliphatic rings. The number of pyridine rings is 1. The zero-order chi connectivity index (χ0) is 15.6. The lowest BCUT2D eigenvalue weighted by Crippen LogP contribution is -2.23. The highest BCUT2D eigenvalue weighted by atomic mass is 35.5. The third-order valence-corrected chi connectivity index (χ3v) is 4.43. The first-order valence-electron chi connectivity index (χ1n) is 7.87. The van der Waals surface area contributed by atoms with Crippen LogP contribution in [-0.2, 0) is 0 Å². The molecule has 0 amide bonds. The Morgan fingerprint density at radius 3 is 2.83 bits per heavy atom. The molecule has 0 bridgehead atoms. The van der Waals surface area contributed by atoms with E-state index in [0.717, 1.165) is 22.7 Å². The minimum absolute atomic E-state index is 0.432. The average Bonchev–Trinajstić information content (AvgIpc) is 2.99. The van der Waals surface area contributed by atoms with Gasteiger partial charge in [0.25, 0.3) is 0 Å². The Morgan fingerprint density at radius 2 is 1.96 bits per heavy atom. The van der Waals surface area contributed by atoms with E-state index in [4.69, 9.17) is 11.6 Å². The van der Waals surface area contributed by atoms with Crippen LogP contribution in [0.2, 0.25) is 5.15 Å². The fourth-order valence-corrected chi connectivity index (χ4v) is 3.22. The van der Waals surface area contributed by atoms with E-state index in [9.17, 15) is 0 Å². The lowest BCUT2D eigenvalue weighted by atomic mass is 9.96. The van der Waals surface area contributed by atoms with Crippen LogP contribution >= 0.6 is 11.6 Å². The molecule has 4 rings (SSSR count). The van der Waals surface area contributed by atoms with Crippen LogP contribution in [0.3, 0.4) is 0 Å². The van der Waals surface area contributed by atoms with Crippen LogP contribution < -0.4 is 5.32 Å². The quantitative estimate of drug-likeness (QED) is 0.744. The average molecular weight is 329 g/mol. The van der Waals surface area contributed by atoms with Crippen molar-refractivity contribution in [2.75, 3.05) is 5.32 Å². The Balaban J connectivity index is 1.64. The van der Waals surface area contributed by atoms with Gasteiger partial charge >= 0.3 is 0 Å². The van der Waals surface area contributed by atoms with Gasteiger partial charge in [-0.3, -0.25) is 9.55 Å². The Bertz CT molecular complexity index is 824. The molecule has 0 radical (unpaired) electrons. The van der Waals surface area contributed by atoms with Crippen LogP contribution in [0, 0.1) is 0 Å². The summed E-state index contributed by atoms with van der Waals surface area (Å²) in [6, 6.07) is 2.23. The number of halogens is 1. The zero-order valence-corrected chi connectivity index (χ0v) is 13.4. The predicted molar refractivity (Wildman–Crippen MR) is 90.0 cm³/mol. The second-order valence-corrected chi connectivity index (χ2v) is 6.24. The van der Waals surface area contributed by atoms with E-state index < -0.39 is 0 Å². The summed E-state index contributed by atoms with van der Waals surface area (Å²) in [5.41, 5.74) is 1.65. The molecule has 7 heteroatoms. The molecule has 1 N–H and O–H groups in total. The van der Waals surface area contributed by atoms with Crippen molar-refractivity contribution in [1.29, 1.82) is 0 Å². The Morgan fingerprint density at radius 1 is 1.09 bits per heavy atom. The van der Waals surface area contributed by atoms with Crippen molar-refractivity contribution in [3.63, 3.8) is 0 Å². The van der Waals surface area contributed by atoms with Gasteiger partial charge in [0.1, 0.15) is 17.3 Å². The van der Waals surface area contributed by atoms with Crippen LogP contribution in [0.1, 0.15) is 32.1 Å². The third kappa shape index (κ3) is 2.99. The molecule has 0 aromatic carbocycles. The Labute approximate surface area is 139 Å². The lowest BCUT2D eigenvalue weighted by molar-refractivity contribution is 0.461. The van der Waals surface area contributed by atoms with Gasteiger partial charge < -0.3 is 5.32 Å². The summed E-state index contributed by atoms with van der Waals surface area (Å²) < 4.78 is 1.87. The largest absolute Gasteiger partial charge is 0.366 e. The number of imidazole rings is 1. The topological polar surface area (TPSA) is 68.5 Å². The normalized spacial score (nSPS) is 15.9. The van der Waals surface area contributed by atoms with Gasteiger partial charge in [-0.15, -0.1) is 0 Å². The van der Waals surface area contributed by atoms with Gasteiger partial charge in [0.05, 0.1) is 29.6 Å². The number of nitrogens with zero attached hydrogens (tertiary/aromatic N) is 5. The van der Waals surface area contributed by atoms with E-state index in [1.165, 1.54) is 32.1 Å². The van der Waals surface area contributed by atoms with Gasteiger partial charge in [-0.2, -0.15) is 0 Å². The van der Waals surface area contributed by atoms with Gasteiger partial charge in [0, 0.05) is 12.1 Å². The van der Waals surface area contributed by atoms with Gasteiger partial charge in [-0.1, -0.05) is 30.9 Å². The van der Waals surface area contributed by atoms with Gasteiger partial charge in [-0.25, -0.2) is 15.0 Å². The molecule has 0 unspecified atom stereocenters. The molecule has 23 heavy (non-hydrogen) atoms. The molecule has 118 valence electrons. The molecule has 6 nitrogen and oxygen atoms in total. The van der Waals surface area contributed by atoms with Crippen LogP contribution in [0.15, 0.2) is 31.0 Å². The summed E-state index contributed by atoms with van der Waals surface area (Å²) in [4.78, 5) is 17.5. The van der Waals surface area contributed by atoms with Crippen molar-refractivity contribution >= 4 is 28.5 Å². The maximum atomic E-state index is 5.91. The van der Waals surface area contributed by atoms with Gasteiger partial charge in [0.15, 0.2) is 5.82 Å². The first-order valence-corrected chi connectivity index (χ1v) is 8.25. The summed E-state index contributed by atoms with van der Waals surface area (Å²) in [5, 5.41) is 3.93. The number of hydrogen-bond donors (Lipinski definition) is 1. The van der Waals surface area contributed by atoms with E-state index in [0.29, 0.717) is 11.2 Å². The van der Waals surface area contributed by atoms with Crippen LogP contribution in [0.25, 0.3) is 16.9 Å². The van der Waals surface area contributed by atoms with Crippen molar-refractivity contribution in [1.82, 2.24) is 24.5 Å². The van der Waals surface area contributed by atoms with E-state index in [2.05, 4.69) is 25.3 Å². The monoisotopic (exact) mass is 328 g/mol. The van der Waals surface area contributed by atoms with Crippen molar-refractivity contribution in [3.05, 3.63) is 36.1 Å². The molecule has 3 heterocycles. The standard InChI is InChI=1S/C16H17ClN6/c17-14-6-12-13(7-19-14)23(10-20-12)16-9-18-8-15(22-16)21-11-4-2-1-3-5-11/h6-11H,1-5H2,(H,21,22). The molecule has 1 fully saturated rings. The summed E-state index contributed by atoms with van der Waals surface area (Å²) in [7, 11) is 0. The molecule has 1 saturated carbocycles. The van der Waals surface area contributed by atoms with Crippen LogP contribution in [0.4, 0.5) is 5.82 Å². The van der Waals surface area contributed by atoms with Crippen molar-refractivity contribution in [2.24, 2.45) is 0 Å². The van der Waals surface area contributed by atoms with E-state index in [-0.39, 0.29) is 0 Å². The molecule has 0 spiro atoms. The zero-order valence-electron chi connectivity index (χ0n) is 12.6. The number of aromatic nitrogens is 5. The maximum Gasteiger partial charge on any atom is 0.159 e. The minimum atomic E-state index is 0.432. The lowest BCUT2D eigenvalue weighted by Gasteiger charge is -2.23. The number of hydrogen-bond acceptors (Lipinski definition) is 5. The number of nitrogens with one attached hydrogen (secondary N) is 1. The van der Waals surface area contributed by atoms with Crippen molar-refractivity contribution < 1.29 is 0 Å². The van der Waals surface area contributed by atoms with Crippen molar-refractivity contribution in [2.45, 2.75) is 38.1 Å². The highest BCUT2D eigenvalue weighted by Gasteiger charge is 2.14. The highest BCUT2D eigenvalue weighted by molar-refractivity contribution is 6.29. The molecule has 0 saturated heterocycles. The highest BCUT2D eigenvalue weighted by Crippen LogP contribution is 2.22. The number of anilines is 1. The second kappa shape index (κ2) is 6.12. The van der Waals surface area contributed by atoms with E-state index >= 15 is 0 Å². The van der Waals surface area contributed by atoms with Gasteiger partial charge in [0.2, 0.25) is 0 Å². The smallest absolute Gasteiger partial charge is 0.159 e. The summed E-state index contributed by atoms with van der Waals surface area (Å²) in [5.74, 6) is 1.52. The summed E-state index contributed by atoms with van der Waals surface area (Å²) in [6.45, 7) is 0. The van der Waals surface area contributed by atoms with E-state index in [1.54, 1.807) is 31.0 Å². The maximum absolute atomic E-state index is 5.91. The van der Waals surface area contributed by atoms with Crippen LogP contribution in [-0.4, -0.2) is 30.5 Å². The SMILES string of the molecule is Clc1cc2ncn(-c3cncc(NC4CCCCC4)n3)c2cn1. The first kappa shape index (κ1) is 14.4. The molecular formula is C16H17ClN6. The first-order chi connectivity index (χ1) is 11.3. The number of fused-ring (bicyclic) bond motifs is 1. The Kier molecular flexibility index (Phi) is 3.83. The third-order valence-electron chi connectivity index (χ3n) is 4.23. The number of rotatable bonds is 3. The summed E-state index contributed by atoms with van der Waals surface area (Å²) in [6.07, 6.45) is 13.2. The molecule has 0 aliphatic heterocycles. The fourth-order valence-electron chi connectivity index (χ4n) is 3.06. The molecule has 1 aliphatic carbocycles. The van der Waals surface area contributed by atoms with Gasteiger partial charge in [-0.05, 0) is 12.8 Å². The molecule has 0 atom stereocenters. The molecular weight excluding hydrogens is 312 g/mol. The fraction of sp³-hybridized carbons (Fsp3) is 0.375. The molecule has 3 aromatic heterocycles. The molecule has 3 aromatic rings. The minimum Gasteiger partial charge on any atom is -0.366 e. The van der Waals surface area contributed by atoms with E-state index in [1.807, 2.05) is 4.57 Å². The second-order valence-electron chi connectivity index (χ2n) is 5.85. The van der Waals surface area contributed by atoms with Crippen LogP contribution in [0.5, 0.6) is 0 Å². The van der Waals surface area contributed by atoms with Crippen molar-refractivity contribution in [3.8, 4) is 5.82 Å².